The van der Waals surface area contributed by atoms with Crippen LogP contribution in [-0.4, -0.2) is 9.78 Å². The molecule has 0 radical (unpaired) electrons. The molecule has 1 heterocycles. The van der Waals surface area contributed by atoms with Crippen LogP contribution < -0.4 is 5.56 Å². The molecule has 2 aromatic rings. The van der Waals surface area contributed by atoms with Crippen molar-refractivity contribution in [3.05, 3.63) is 45.9 Å². The molecule has 102 valence electrons. The molecule has 0 saturated heterocycles. The summed E-state index contributed by atoms with van der Waals surface area (Å²) >= 11 is 0. The molecule has 0 saturated carbocycles. The lowest BCUT2D eigenvalue weighted by Gasteiger charge is -2.23. The maximum absolute atomic E-state index is 12.3. The van der Waals surface area contributed by atoms with Gasteiger partial charge in [0, 0.05) is 5.69 Å². The highest BCUT2D eigenvalue weighted by Gasteiger charge is 2.22. The molecule has 3 nitrogen and oxygen atoms in total. The molecule has 0 amide bonds. The summed E-state index contributed by atoms with van der Waals surface area (Å²) in [5.74, 6) is 0. The number of aryl methyl sites for hydroxylation is 1. The van der Waals surface area contributed by atoms with Gasteiger partial charge in [0.1, 0.15) is 0 Å². The van der Waals surface area contributed by atoms with Crippen molar-refractivity contribution < 1.29 is 0 Å². The van der Waals surface area contributed by atoms with Gasteiger partial charge in [-0.3, -0.25) is 14.6 Å². The Labute approximate surface area is 114 Å². The Morgan fingerprint density at radius 1 is 1.16 bits per heavy atom. The van der Waals surface area contributed by atoms with Crippen molar-refractivity contribution in [1.29, 1.82) is 0 Å². The van der Waals surface area contributed by atoms with E-state index in [-0.39, 0.29) is 11.1 Å². The molecule has 0 bridgehead atoms. The normalized spacial score (nSPS) is 11.8. The third-order valence-corrected chi connectivity index (χ3v) is 3.34. The maximum atomic E-state index is 12.3. The Morgan fingerprint density at radius 3 is 2.21 bits per heavy atom. The first kappa shape index (κ1) is 13.7. The van der Waals surface area contributed by atoms with Crippen LogP contribution in [0.4, 0.5) is 0 Å². The lowest BCUT2D eigenvalue weighted by molar-refractivity contribution is 0.343. The second-order valence-electron chi connectivity index (χ2n) is 5.99. The molecule has 0 aliphatic rings. The zero-order valence-corrected chi connectivity index (χ0v) is 12.4. The van der Waals surface area contributed by atoms with Gasteiger partial charge in [-0.15, -0.1) is 0 Å². The van der Waals surface area contributed by atoms with E-state index in [9.17, 15) is 4.79 Å². The van der Waals surface area contributed by atoms with Gasteiger partial charge in [0.25, 0.3) is 5.56 Å². The SMILES string of the molecule is CCc1c(-c2ccc(C)cc2)c(=O)[nH]n1C(C)(C)C. The van der Waals surface area contributed by atoms with Gasteiger partial charge in [0.15, 0.2) is 0 Å². The van der Waals surface area contributed by atoms with E-state index in [1.807, 2.05) is 28.9 Å². The van der Waals surface area contributed by atoms with Crippen LogP contribution in [0.25, 0.3) is 11.1 Å². The van der Waals surface area contributed by atoms with Crippen molar-refractivity contribution in [2.45, 2.75) is 46.6 Å². The fraction of sp³-hybridized carbons (Fsp3) is 0.438. The standard InChI is InChI=1S/C16H22N2O/c1-6-13-14(12-9-7-11(2)8-10-12)15(19)17-18(13)16(3,4)5/h7-10H,6H2,1-5H3,(H,17,19). The zero-order chi connectivity index (χ0) is 14.2. The van der Waals surface area contributed by atoms with Gasteiger partial charge in [0.2, 0.25) is 0 Å². The summed E-state index contributed by atoms with van der Waals surface area (Å²) in [6.45, 7) is 10.4. The summed E-state index contributed by atoms with van der Waals surface area (Å²) in [7, 11) is 0. The predicted octanol–water partition coefficient (Wildman–Crippen LogP) is 3.47. The molecule has 0 aliphatic heterocycles. The molecule has 1 aromatic carbocycles. The largest absolute Gasteiger partial charge is 0.283 e. The van der Waals surface area contributed by atoms with E-state index in [1.54, 1.807) is 0 Å². The number of hydrogen-bond donors (Lipinski definition) is 1. The number of H-pyrrole nitrogens is 1. The van der Waals surface area contributed by atoms with Gasteiger partial charge in [-0.1, -0.05) is 36.8 Å². The number of nitrogens with zero attached hydrogens (tertiary/aromatic N) is 1. The Balaban J connectivity index is 2.67. The zero-order valence-electron chi connectivity index (χ0n) is 12.4. The molecule has 1 N–H and O–H groups in total. The average molecular weight is 258 g/mol. The van der Waals surface area contributed by atoms with E-state index < -0.39 is 0 Å². The number of nitrogens with one attached hydrogen (secondary N) is 1. The minimum absolute atomic E-state index is 0.00405. The van der Waals surface area contributed by atoms with Crippen LogP contribution in [-0.2, 0) is 12.0 Å². The predicted molar refractivity (Wildman–Crippen MR) is 79.6 cm³/mol. The molecule has 3 heteroatoms. The van der Waals surface area contributed by atoms with E-state index in [4.69, 9.17) is 0 Å². The highest BCUT2D eigenvalue weighted by molar-refractivity contribution is 5.65. The van der Waals surface area contributed by atoms with Gasteiger partial charge in [-0.25, -0.2) is 0 Å². The fourth-order valence-electron chi connectivity index (χ4n) is 2.39. The molecular formula is C16H22N2O. The monoisotopic (exact) mass is 258 g/mol. The van der Waals surface area contributed by atoms with Crippen molar-refractivity contribution in [2.75, 3.05) is 0 Å². The minimum atomic E-state index is -0.118. The van der Waals surface area contributed by atoms with E-state index in [2.05, 4.69) is 39.7 Å². The first-order chi connectivity index (χ1) is 8.84. The lowest BCUT2D eigenvalue weighted by Crippen LogP contribution is -2.26. The topological polar surface area (TPSA) is 37.8 Å². The molecule has 1 aromatic heterocycles. The molecule has 19 heavy (non-hydrogen) atoms. The van der Waals surface area contributed by atoms with Crippen LogP contribution in [0, 0.1) is 6.92 Å². The third-order valence-electron chi connectivity index (χ3n) is 3.34. The Hall–Kier alpha value is -1.77. The van der Waals surface area contributed by atoms with Crippen molar-refractivity contribution in [1.82, 2.24) is 9.78 Å². The van der Waals surface area contributed by atoms with Crippen LogP contribution in [0.1, 0.15) is 39.0 Å². The highest BCUT2D eigenvalue weighted by Crippen LogP contribution is 2.25. The van der Waals surface area contributed by atoms with Gasteiger partial charge < -0.3 is 0 Å². The molecule has 2 rings (SSSR count). The van der Waals surface area contributed by atoms with Crippen LogP contribution in [0.5, 0.6) is 0 Å². The van der Waals surface area contributed by atoms with E-state index in [1.165, 1.54) is 5.56 Å². The first-order valence-corrected chi connectivity index (χ1v) is 6.76. The van der Waals surface area contributed by atoms with Gasteiger partial charge in [-0.2, -0.15) is 0 Å². The third kappa shape index (κ3) is 2.50. The van der Waals surface area contributed by atoms with Gasteiger partial charge in [-0.05, 0) is 39.7 Å². The maximum Gasteiger partial charge on any atom is 0.272 e. The number of aromatic nitrogens is 2. The average Bonchev–Trinajstić information content (AvgIpc) is 2.67. The van der Waals surface area contributed by atoms with Crippen molar-refractivity contribution in [2.24, 2.45) is 0 Å². The molecule has 0 atom stereocenters. The number of benzene rings is 1. The number of hydrogen-bond acceptors (Lipinski definition) is 1. The van der Waals surface area contributed by atoms with E-state index in [0.717, 1.165) is 23.2 Å². The number of rotatable bonds is 2. The molecule has 0 aliphatic carbocycles. The van der Waals surface area contributed by atoms with Gasteiger partial charge >= 0.3 is 0 Å². The van der Waals surface area contributed by atoms with Crippen LogP contribution in [0.15, 0.2) is 29.1 Å². The van der Waals surface area contributed by atoms with Crippen molar-refractivity contribution in [3.63, 3.8) is 0 Å². The molecule has 0 fully saturated rings. The summed E-state index contributed by atoms with van der Waals surface area (Å²) in [4.78, 5) is 12.3. The van der Waals surface area contributed by atoms with E-state index >= 15 is 0 Å². The summed E-state index contributed by atoms with van der Waals surface area (Å²) in [6, 6.07) is 8.13. The second-order valence-corrected chi connectivity index (χ2v) is 5.99. The smallest absolute Gasteiger partial charge is 0.272 e. The minimum Gasteiger partial charge on any atom is -0.283 e. The first-order valence-electron chi connectivity index (χ1n) is 6.76. The summed E-state index contributed by atoms with van der Waals surface area (Å²) in [5.41, 5.74) is 3.95. The van der Waals surface area contributed by atoms with Gasteiger partial charge in [0.05, 0.1) is 11.1 Å². The molecular weight excluding hydrogens is 236 g/mol. The van der Waals surface area contributed by atoms with Crippen LogP contribution in [0.2, 0.25) is 0 Å². The second kappa shape index (κ2) is 4.72. The molecule has 0 spiro atoms. The van der Waals surface area contributed by atoms with Crippen LogP contribution in [0.3, 0.4) is 0 Å². The molecule has 0 unspecified atom stereocenters. The van der Waals surface area contributed by atoms with E-state index in [0.29, 0.717) is 0 Å². The number of aromatic amines is 1. The van der Waals surface area contributed by atoms with Crippen molar-refractivity contribution >= 4 is 0 Å². The highest BCUT2D eigenvalue weighted by atomic mass is 16.1. The Bertz CT molecular complexity index is 624. The summed E-state index contributed by atoms with van der Waals surface area (Å²) < 4.78 is 1.99. The quantitative estimate of drug-likeness (QED) is 0.880. The van der Waals surface area contributed by atoms with Crippen LogP contribution >= 0.6 is 0 Å². The van der Waals surface area contributed by atoms with Crippen molar-refractivity contribution in [3.8, 4) is 11.1 Å². The Kier molecular flexibility index (Phi) is 3.40. The summed E-state index contributed by atoms with van der Waals surface area (Å²) in [5, 5.41) is 2.98. The summed E-state index contributed by atoms with van der Waals surface area (Å²) in [6.07, 6.45) is 0.833. The Morgan fingerprint density at radius 2 is 1.74 bits per heavy atom. The lowest BCUT2D eigenvalue weighted by atomic mass is 10.0. The fourth-order valence-corrected chi connectivity index (χ4v) is 2.39.